The fourth-order valence-corrected chi connectivity index (χ4v) is 0.828. The maximum Gasteiger partial charge on any atom is 0.449 e. The summed E-state index contributed by atoms with van der Waals surface area (Å²) in [6.45, 7) is 4.77. The summed E-state index contributed by atoms with van der Waals surface area (Å²) in [4.78, 5) is 10.8. The molecule has 0 saturated carbocycles. The number of hydrogen-bond acceptors (Lipinski definition) is 4. The summed E-state index contributed by atoms with van der Waals surface area (Å²) >= 11 is 0. The molecule has 0 radical (unpaired) electrons. The van der Waals surface area contributed by atoms with Gasteiger partial charge < -0.3 is 4.18 Å². The molecular weight excluding hydrogens is 196 g/mol. The zero-order valence-electron chi connectivity index (χ0n) is 7.06. The number of allylic oxidation sites excluding steroid dienone is 2. The fourth-order valence-electron chi connectivity index (χ4n) is 0.505. The molecule has 0 amide bonds. The first-order valence-electron chi connectivity index (χ1n) is 3.35. The van der Waals surface area contributed by atoms with E-state index in [1.165, 1.54) is 19.1 Å². The Morgan fingerprint density at radius 1 is 1.62 bits per heavy atom. The average Bonchev–Trinajstić information content (AvgIpc) is 1.96. The largest absolute Gasteiger partial charge is 0.449 e. The van der Waals surface area contributed by atoms with E-state index < -0.39 is 16.4 Å². The van der Waals surface area contributed by atoms with Gasteiger partial charge >= 0.3 is 16.4 Å². The van der Waals surface area contributed by atoms with E-state index in [0.29, 0.717) is 6.42 Å². The number of rotatable bonds is 4. The van der Waals surface area contributed by atoms with Crippen molar-refractivity contribution >= 4 is 16.4 Å². The molecule has 0 aliphatic heterocycles. The van der Waals surface area contributed by atoms with Crippen LogP contribution in [-0.2, 0) is 19.4 Å². The lowest BCUT2D eigenvalue weighted by Gasteiger charge is -1.98. The molecule has 0 heterocycles. The van der Waals surface area contributed by atoms with Crippen molar-refractivity contribution in [2.24, 2.45) is 0 Å². The van der Waals surface area contributed by atoms with Gasteiger partial charge in [0.05, 0.1) is 0 Å². The molecule has 5 nitrogen and oxygen atoms in total. The molecule has 0 saturated heterocycles. The quantitative estimate of drug-likeness (QED) is 0.419. The lowest BCUT2D eigenvalue weighted by molar-refractivity contribution is -0.130. The smallest absolute Gasteiger partial charge is 0.321 e. The Morgan fingerprint density at radius 3 is 2.54 bits per heavy atom. The molecule has 0 spiro atoms. The third-order valence-electron chi connectivity index (χ3n) is 1.09. The second-order valence-corrected chi connectivity index (χ2v) is 3.23. The van der Waals surface area contributed by atoms with Gasteiger partial charge in [-0.25, -0.2) is 4.79 Å². The minimum Gasteiger partial charge on any atom is -0.321 e. The Kier molecular flexibility index (Phi) is 4.36. The average molecular weight is 206 g/mol. The van der Waals surface area contributed by atoms with E-state index >= 15 is 0 Å². The van der Waals surface area contributed by atoms with E-state index in [4.69, 9.17) is 4.55 Å². The van der Waals surface area contributed by atoms with Crippen molar-refractivity contribution in [3.05, 3.63) is 24.3 Å². The maximum absolute atomic E-state index is 10.8. The predicted octanol–water partition coefficient (Wildman–Crippen LogP) is 0.855. The van der Waals surface area contributed by atoms with Crippen LogP contribution in [0.2, 0.25) is 0 Å². The minimum atomic E-state index is -4.71. The standard InChI is InChI=1S/C7H10O5S/c1-3-4-5-6(2)7(8)12-13(9,10)11/h3,5H,1,4H2,2H3,(H,9,10,11)/b6-5+. The van der Waals surface area contributed by atoms with Crippen molar-refractivity contribution in [1.29, 1.82) is 0 Å². The first-order chi connectivity index (χ1) is 5.87. The van der Waals surface area contributed by atoms with Gasteiger partial charge in [-0.15, -0.1) is 6.58 Å². The van der Waals surface area contributed by atoms with Gasteiger partial charge in [-0.1, -0.05) is 12.2 Å². The first-order valence-corrected chi connectivity index (χ1v) is 4.72. The lowest BCUT2D eigenvalue weighted by Crippen LogP contribution is -2.12. The highest BCUT2D eigenvalue weighted by molar-refractivity contribution is 7.81. The molecule has 0 aliphatic carbocycles. The van der Waals surface area contributed by atoms with Crippen molar-refractivity contribution in [3.8, 4) is 0 Å². The second-order valence-electron chi connectivity index (χ2n) is 2.21. The van der Waals surface area contributed by atoms with Crippen LogP contribution in [-0.4, -0.2) is 18.9 Å². The summed E-state index contributed by atoms with van der Waals surface area (Å²) in [7, 11) is -4.71. The van der Waals surface area contributed by atoms with Crippen LogP contribution in [0.15, 0.2) is 24.3 Å². The maximum atomic E-state index is 10.8. The Labute approximate surface area is 76.7 Å². The lowest BCUT2D eigenvalue weighted by atomic mass is 10.2. The Morgan fingerprint density at radius 2 is 2.15 bits per heavy atom. The molecule has 0 aromatic heterocycles. The summed E-state index contributed by atoms with van der Waals surface area (Å²) in [5, 5.41) is 0. The van der Waals surface area contributed by atoms with Gasteiger partial charge in [0.25, 0.3) is 0 Å². The number of carbonyl (C=O) groups is 1. The summed E-state index contributed by atoms with van der Waals surface area (Å²) in [5.41, 5.74) is 0.0949. The van der Waals surface area contributed by atoms with E-state index in [-0.39, 0.29) is 5.57 Å². The van der Waals surface area contributed by atoms with Crippen LogP contribution >= 0.6 is 0 Å². The van der Waals surface area contributed by atoms with Gasteiger partial charge in [0, 0.05) is 5.57 Å². The molecule has 0 atom stereocenters. The SMILES string of the molecule is C=CC/C=C(\C)C(=O)OS(=O)(=O)O. The van der Waals surface area contributed by atoms with Gasteiger partial charge in [-0.2, -0.15) is 8.42 Å². The molecule has 0 fully saturated rings. The molecule has 74 valence electrons. The number of carbonyl (C=O) groups excluding carboxylic acids is 1. The zero-order valence-corrected chi connectivity index (χ0v) is 7.87. The van der Waals surface area contributed by atoms with Crippen LogP contribution in [0.25, 0.3) is 0 Å². The minimum absolute atomic E-state index is 0.0949. The van der Waals surface area contributed by atoms with Crippen molar-refractivity contribution in [3.63, 3.8) is 0 Å². The van der Waals surface area contributed by atoms with Crippen molar-refractivity contribution < 1.29 is 21.9 Å². The second kappa shape index (κ2) is 4.78. The van der Waals surface area contributed by atoms with Gasteiger partial charge in [0.1, 0.15) is 0 Å². The van der Waals surface area contributed by atoms with E-state index in [0.717, 1.165) is 0 Å². The normalized spacial score (nSPS) is 12.3. The highest BCUT2D eigenvalue weighted by atomic mass is 32.3. The highest BCUT2D eigenvalue weighted by Gasteiger charge is 2.13. The fraction of sp³-hybridized carbons (Fsp3) is 0.286. The van der Waals surface area contributed by atoms with E-state index in [9.17, 15) is 13.2 Å². The third kappa shape index (κ3) is 6.06. The molecule has 13 heavy (non-hydrogen) atoms. The van der Waals surface area contributed by atoms with Crippen LogP contribution in [0.5, 0.6) is 0 Å². The van der Waals surface area contributed by atoms with E-state index in [2.05, 4.69) is 10.8 Å². The van der Waals surface area contributed by atoms with Crippen LogP contribution in [0.4, 0.5) is 0 Å². The molecule has 0 aliphatic rings. The van der Waals surface area contributed by atoms with Gasteiger partial charge in [0.2, 0.25) is 0 Å². The molecule has 0 bridgehead atoms. The monoisotopic (exact) mass is 206 g/mol. The van der Waals surface area contributed by atoms with Crippen molar-refractivity contribution in [2.75, 3.05) is 0 Å². The predicted molar refractivity (Wildman–Crippen MR) is 46.2 cm³/mol. The van der Waals surface area contributed by atoms with E-state index in [1.807, 2.05) is 0 Å². The molecule has 1 N–H and O–H groups in total. The zero-order chi connectivity index (χ0) is 10.5. The Hall–Kier alpha value is -1.14. The first kappa shape index (κ1) is 11.9. The molecule has 0 unspecified atom stereocenters. The highest BCUT2D eigenvalue weighted by Crippen LogP contribution is 2.01. The number of hydrogen-bond donors (Lipinski definition) is 1. The summed E-state index contributed by atoms with van der Waals surface area (Å²) in [6.07, 6.45) is 3.39. The molecule has 0 rings (SSSR count). The van der Waals surface area contributed by atoms with Crippen LogP contribution in [0.3, 0.4) is 0 Å². The molecule has 6 heteroatoms. The van der Waals surface area contributed by atoms with E-state index in [1.54, 1.807) is 0 Å². The third-order valence-corrected chi connectivity index (χ3v) is 1.46. The van der Waals surface area contributed by atoms with Gasteiger partial charge in [-0.3, -0.25) is 4.55 Å². The van der Waals surface area contributed by atoms with Gasteiger partial charge in [0.15, 0.2) is 0 Å². The Balaban J connectivity index is 4.36. The van der Waals surface area contributed by atoms with Crippen LogP contribution in [0.1, 0.15) is 13.3 Å². The van der Waals surface area contributed by atoms with Crippen molar-refractivity contribution in [1.82, 2.24) is 0 Å². The summed E-state index contributed by atoms with van der Waals surface area (Å²) in [5.74, 6) is -1.09. The van der Waals surface area contributed by atoms with Crippen molar-refractivity contribution in [2.45, 2.75) is 13.3 Å². The molecule has 0 aromatic rings. The summed E-state index contributed by atoms with van der Waals surface area (Å²) < 4.78 is 32.0. The van der Waals surface area contributed by atoms with Crippen LogP contribution < -0.4 is 0 Å². The molecule has 0 aromatic carbocycles. The van der Waals surface area contributed by atoms with Crippen LogP contribution in [0, 0.1) is 0 Å². The summed E-state index contributed by atoms with van der Waals surface area (Å²) in [6, 6.07) is 0. The van der Waals surface area contributed by atoms with Gasteiger partial charge in [-0.05, 0) is 13.3 Å². The molecular formula is C7H10O5S. The topological polar surface area (TPSA) is 80.7 Å². The Bertz CT molecular complexity index is 325.